The third-order valence-electron chi connectivity index (χ3n) is 3.05. The van der Waals surface area contributed by atoms with E-state index in [0.717, 1.165) is 12.5 Å². The van der Waals surface area contributed by atoms with Crippen LogP contribution in [-0.4, -0.2) is 18.1 Å². The predicted molar refractivity (Wildman–Crippen MR) is 84.4 cm³/mol. The molecule has 0 aromatic heterocycles. The van der Waals surface area contributed by atoms with Crippen LogP contribution in [0.25, 0.3) is 0 Å². The molecule has 1 aromatic rings. The molecule has 1 nitrogen and oxygen atoms in total. The molecule has 0 heterocycles. The number of hydrogen-bond acceptors (Lipinski definition) is 2. The first-order valence-corrected chi connectivity index (χ1v) is 8.16. The molecule has 0 aliphatic rings. The summed E-state index contributed by atoms with van der Waals surface area (Å²) in [6.07, 6.45) is 1.32. The Morgan fingerprint density at radius 1 is 1.17 bits per heavy atom. The molecule has 0 bridgehead atoms. The van der Waals surface area contributed by atoms with Crippen molar-refractivity contribution in [3.63, 3.8) is 0 Å². The summed E-state index contributed by atoms with van der Waals surface area (Å²) < 4.78 is 0. The van der Waals surface area contributed by atoms with E-state index in [1.807, 2.05) is 0 Å². The monoisotopic (exact) mass is 265 g/mol. The van der Waals surface area contributed by atoms with Crippen molar-refractivity contribution in [3.8, 4) is 0 Å². The zero-order chi connectivity index (χ0) is 13.4. The van der Waals surface area contributed by atoms with Crippen LogP contribution in [-0.2, 0) is 0 Å². The van der Waals surface area contributed by atoms with Gasteiger partial charge in [0.1, 0.15) is 0 Å². The second-order valence-corrected chi connectivity index (χ2v) is 6.43. The van der Waals surface area contributed by atoms with Crippen LogP contribution in [0.4, 0.5) is 0 Å². The first-order chi connectivity index (χ1) is 8.63. The number of hydrogen-bond donors (Lipinski definition) is 1. The van der Waals surface area contributed by atoms with Crippen molar-refractivity contribution in [2.24, 2.45) is 5.92 Å². The second-order valence-electron chi connectivity index (χ2n) is 5.28. The first kappa shape index (κ1) is 15.6. The Kier molecular flexibility index (Phi) is 7.45. The Labute approximate surface area is 117 Å². The summed E-state index contributed by atoms with van der Waals surface area (Å²) in [6.45, 7) is 9.94. The van der Waals surface area contributed by atoms with Crippen molar-refractivity contribution in [3.05, 3.63) is 35.4 Å². The Hall–Kier alpha value is -0.470. The minimum absolute atomic E-state index is 0.493. The molecule has 0 saturated heterocycles. The van der Waals surface area contributed by atoms with Crippen LogP contribution >= 0.6 is 11.8 Å². The molecule has 1 rings (SSSR count). The second kappa shape index (κ2) is 8.60. The maximum Gasteiger partial charge on any atom is 0.0411 e. The molecule has 0 radical (unpaired) electrons. The zero-order valence-electron chi connectivity index (χ0n) is 12.2. The summed E-state index contributed by atoms with van der Waals surface area (Å²) in [6, 6.07) is 9.42. The van der Waals surface area contributed by atoms with Crippen LogP contribution in [0.15, 0.2) is 24.3 Å². The van der Waals surface area contributed by atoms with Gasteiger partial charge in [-0.3, -0.25) is 0 Å². The number of benzene rings is 1. The minimum Gasteiger partial charge on any atom is -0.310 e. The maximum atomic E-state index is 3.59. The molecule has 0 fully saturated rings. The van der Waals surface area contributed by atoms with Crippen LogP contribution in [0.2, 0.25) is 0 Å². The minimum atomic E-state index is 0.493. The molecule has 0 aliphatic heterocycles. The van der Waals surface area contributed by atoms with Crippen molar-refractivity contribution in [2.45, 2.75) is 40.2 Å². The first-order valence-electron chi connectivity index (χ1n) is 7.01. The number of nitrogens with one attached hydrogen (secondary N) is 1. The van der Waals surface area contributed by atoms with Crippen LogP contribution in [0.3, 0.4) is 0 Å². The topological polar surface area (TPSA) is 12.0 Å². The lowest BCUT2D eigenvalue weighted by Gasteiger charge is -2.18. The SMILES string of the molecule is CCNC(CSCCC(C)C)c1ccc(C)cc1. The number of thioether (sulfide) groups is 1. The standard InChI is InChI=1S/C16H27NS/c1-5-17-16(12-18-11-10-13(2)3)15-8-6-14(4)7-9-15/h6-9,13,16-17H,5,10-12H2,1-4H3. The molecule has 1 atom stereocenters. The van der Waals surface area contributed by atoms with Crippen LogP contribution in [0.1, 0.15) is 44.4 Å². The van der Waals surface area contributed by atoms with Crippen LogP contribution in [0, 0.1) is 12.8 Å². The molecule has 0 aliphatic carbocycles. The van der Waals surface area contributed by atoms with Crippen molar-refractivity contribution in [2.75, 3.05) is 18.1 Å². The van der Waals surface area contributed by atoms with Gasteiger partial charge in [-0.15, -0.1) is 0 Å². The fourth-order valence-electron chi connectivity index (χ4n) is 1.84. The molecular weight excluding hydrogens is 238 g/mol. The molecule has 0 spiro atoms. The van der Waals surface area contributed by atoms with E-state index >= 15 is 0 Å². The average Bonchev–Trinajstić information content (AvgIpc) is 2.34. The van der Waals surface area contributed by atoms with Gasteiger partial charge in [0.05, 0.1) is 0 Å². The summed E-state index contributed by atoms with van der Waals surface area (Å²) in [5.41, 5.74) is 2.75. The highest BCUT2D eigenvalue weighted by molar-refractivity contribution is 7.99. The summed E-state index contributed by atoms with van der Waals surface area (Å²) in [4.78, 5) is 0. The molecule has 102 valence electrons. The Morgan fingerprint density at radius 3 is 2.39 bits per heavy atom. The molecule has 1 N–H and O–H groups in total. The van der Waals surface area contributed by atoms with Gasteiger partial charge in [-0.25, -0.2) is 0 Å². The maximum absolute atomic E-state index is 3.59. The smallest absolute Gasteiger partial charge is 0.0411 e. The zero-order valence-corrected chi connectivity index (χ0v) is 13.0. The van der Waals surface area contributed by atoms with E-state index in [0.29, 0.717) is 6.04 Å². The highest BCUT2D eigenvalue weighted by atomic mass is 32.2. The van der Waals surface area contributed by atoms with Crippen molar-refractivity contribution >= 4 is 11.8 Å². The van der Waals surface area contributed by atoms with E-state index in [1.54, 1.807) is 0 Å². The van der Waals surface area contributed by atoms with Crippen molar-refractivity contribution in [1.82, 2.24) is 5.32 Å². The summed E-state index contributed by atoms with van der Waals surface area (Å²) in [7, 11) is 0. The Balaban J connectivity index is 2.46. The van der Waals surface area contributed by atoms with Crippen LogP contribution < -0.4 is 5.32 Å². The largest absolute Gasteiger partial charge is 0.310 e. The van der Waals surface area contributed by atoms with Gasteiger partial charge >= 0.3 is 0 Å². The highest BCUT2D eigenvalue weighted by Crippen LogP contribution is 2.20. The molecule has 1 unspecified atom stereocenters. The van der Waals surface area contributed by atoms with E-state index < -0.39 is 0 Å². The molecular formula is C16H27NS. The van der Waals surface area contributed by atoms with Gasteiger partial charge in [-0.1, -0.05) is 50.6 Å². The molecule has 18 heavy (non-hydrogen) atoms. The normalized spacial score (nSPS) is 12.9. The quantitative estimate of drug-likeness (QED) is 0.698. The van der Waals surface area contributed by atoms with Gasteiger partial charge in [0.2, 0.25) is 0 Å². The van der Waals surface area contributed by atoms with Crippen LogP contribution in [0.5, 0.6) is 0 Å². The lowest BCUT2D eigenvalue weighted by molar-refractivity contribution is 0.603. The fourth-order valence-corrected chi connectivity index (χ4v) is 3.19. The van der Waals surface area contributed by atoms with E-state index in [2.05, 4.69) is 69.0 Å². The molecule has 0 saturated carbocycles. The Morgan fingerprint density at radius 2 is 1.83 bits per heavy atom. The fraction of sp³-hybridized carbons (Fsp3) is 0.625. The van der Waals surface area contributed by atoms with Gasteiger partial charge in [-0.2, -0.15) is 11.8 Å². The van der Waals surface area contributed by atoms with Gasteiger partial charge in [0.25, 0.3) is 0 Å². The van der Waals surface area contributed by atoms with Gasteiger partial charge in [-0.05, 0) is 37.1 Å². The summed E-state index contributed by atoms with van der Waals surface area (Å²) in [5, 5.41) is 3.59. The highest BCUT2D eigenvalue weighted by Gasteiger charge is 2.09. The van der Waals surface area contributed by atoms with E-state index in [4.69, 9.17) is 0 Å². The van der Waals surface area contributed by atoms with Gasteiger partial charge in [0, 0.05) is 11.8 Å². The summed E-state index contributed by atoms with van der Waals surface area (Å²) >= 11 is 2.07. The molecule has 1 aromatic carbocycles. The van der Waals surface area contributed by atoms with Crippen molar-refractivity contribution < 1.29 is 0 Å². The number of rotatable bonds is 8. The lowest BCUT2D eigenvalue weighted by atomic mass is 10.1. The predicted octanol–water partition coefficient (Wildman–Crippen LogP) is 4.42. The third kappa shape index (κ3) is 5.92. The number of aryl methyl sites for hydroxylation is 1. The van der Waals surface area contributed by atoms with Gasteiger partial charge in [0.15, 0.2) is 0 Å². The average molecular weight is 265 g/mol. The lowest BCUT2D eigenvalue weighted by Crippen LogP contribution is -2.23. The van der Waals surface area contributed by atoms with E-state index in [9.17, 15) is 0 Å². The van der Waals surface area contributed by atoms with Crippen molar-refractivity contribution in [1.29, 1.82) is 0 Å². The third-order valence-corrected chi connectivity index (χ3v) is 4.15. The molecule has 2 heteroatoms. The summed E-state index contributed by atoms with van der Waals surface area (Å²) in [5.74, 6) is 3.25. The van der Waals surface area contributed by atoms with E-state index in [1.165, 1.54) is 29.1 Å². The van der Waals surface area contributed by atoms with E-state index in [-0.39, 0.29) is 0 Å². The Bertz CT molecular complexity index is 318. The van der Waals surface area contributed by atoms with Gasteiger partial charge < -0.3 is 5.32 Å². The molecule has 0 amide bonds.